The number of hydrogen-bond acceptors (Lipinski definition) is 3. The Morgan fingerprint density at radius 3 is 2.69 bits per heavy atom. The van der Waals surface area contributed by atoms with Crippen LogP contribution in [-0.2, 0) is 0 Å². The van der Waals surface area contributed by atoms with Gasteiger partial charge in [-0.05, 0) is 50.7 Å². The first-order valence-corrected chi connectivity index (χ1v) is 7.19. The number of hydrogen-bond donors (Lipinski definition) is 0. The molecular weight excluding hydrogens is 401 g/mol. The summed E-state index contributed by atoms with van der Waals surface area (Å²) < 4.78 is 3.87. The van der Waals surface area contributed by atoms with E-state index >= 15 is 0 Å². The maximum absolute atomic E-state index is 4.52. The van der Waals surface area contributed by atoms with E-state index in [1.807, 2.05) is 6.20 Å². The molecule has 6 heteroatoms. The molecule has 0 fully saturated rings. The van der Waals surface area contributed by atoms with E-state index < -0.39 is 0 Å². The molecule has 16 heavy (non-hydrogen) atoms. The van der Waals surface area contributed by atoms with Crippen LogP contribution in [-0.4, -0.2) is 14.6 Å². The van der Waals surface area contributed by atoms with Crippen LogP contribution in [0.1, 0.15) is 0 Å². The zero-order valence-electron chi connectivity index (χ0n) is 7.89. The average Bonchev–Trinajstić information content (AvgIpc) is 2.75. The molecule has 80 valence electrons. The lowest BCUT2D eigenvalue weighted by Crippen LogP contribution is -1.79. The Bertz CT molecular complexity index is 612. The standard InChI is InChI=1S/C10H5BrIN3S/c11-9-14-15-5-8(13-10(15)16-9)6-1-3-7(12)4-2-6/h1-5H. The molecule has 0 amide bonds. The third-order valence-corrected chi connectivity index (χ3v) is 4.23. The fraction of sp³-hybridized carbons (Fsp3) is 0. The smallest absolute Gasteiger partial charge is 0.213 e. The lowest BCUT2D eigenvalue weighted by molar-refractivity contribution is 0.959. The highest BCUT2D eigenvalue weighted by molar-refractivity contribution is 14.1. The number of aromatic nitrogens is 3. The van der Waals surface area contributed by atoms with E-state index in [-0.39, 0.29) is 0 Å². The summed E-state index contributed by atoms with van der Waals surface area (Å²) in [6.45, 7) is 0. The predicted molar refractivity (Wildman–Crippen MR) is 76.7 cm³/mol. The average molecular weight is 406 g/mol. The van der Waals surface area contributed by atoms with Crippen molar-refractivity contribution < 1.29 is 0 Å². The summed E-state index contributed by atoms with van der Waals surface area (Å²) in [6, 6.07) is 8.30. The van der Waals surface area contributed by atoms with E-state index in [0.29, 0.717) is 0 Å². The predicted octanol–water partition coefficient (Wildman–Crippen LogP) is 3.82. The molecular formula is C10H5BrIN3S. The van der Waals surface area contributed by atoms with Gasteiger partial charge in [0.05, 0.1) is 11.9 Å². The Kier molecular flexibility index (Phi) is 2.72. The minimum atomic E-state index is 0.851. The highest BCUT2D eigenvalue weighted by atomic mass is 127. The summed E-state index contributed by atoms with van der Waals surface area (Å²) in [5.74, 6) is 0. The van der Waals surface area contributed by atoms with Crippen LogP contribution in [0.2, 0.25) is 0 Å². The van der Waals surface area contributed by atoms with Crippen molar-refractivity contribution >= 4 is 54.8 Å². The Morgan fingerprint density at radius 2 is 2.00 bits per heavy atom. The van der Waals surface area contributed by atoms with Gasteiger partial charge >= 0.3 is 0 Å². The van der Waals surface area contributed by atoms with Crippen molar-refractivity contribution in [3.63, 3.8) is 0 Å². The van der Waals surface area contributed by atoms with Gasteiger partial charge in [-0.1, -0.05) is 23.5 Å². The molecule has 0 aliphatic heterocycles. The normalized spacial score (nSPS) is 11.1. The fourth-order valence-corrected chi connectivity index (χ4v) is 3.01. The summed E-state index contributed by atoms with van der Waals surface area (Å²) in [6.07, 6.45) is 1.94. The van der Waals surface area contributed by atoms with Crippen molar-refractivity contribution in [1.82, 2.24) is 14.6 Å². The van der Waals surface area contributed by atoms with Gasteiger partial charge in [0.15, 0.2) is 3.92 Å². The zero-order chi connectivity index (χ0) is 11.1. The van der Waals surface area contributed by atoms with Crippen molar-refractivity contribution in [2.75, 3.05) is 0 Å². The van der Waals surface area contributed by atoms with Crippen LogP contribution in [0.4, 0.5) is 0 Å². The molecule has 3 aromatic rings. The number of rotatable bonds is 1. The van der Waals surface area contributed by atoms with Crippen LogP contribution >= 0.6 is 49.9 Å². The molecule has 0 saturated carbocycles. The summed E-state index contributed by atoms with van der Waals surface area (Å²) in [5.41, 5.74) is 2.08. The number of halogens is 2. The Morgan fingerprint density at radius 1 is 1.25 bits per heavy atom. The lowest BCUT2D eigenvalue weighted by atomic mass is 10.2. The molecule has 0 aliphatic carbocycles. The van der Waals surface area contributed by atoms with Gasteiger partial charge in [-0.15, -0.1) is 5.10 Å². The second-order valence-electron chi connectivity index (χ2n) is 3.22. The third-order valence-electron chi connectivity index (χ3n) is 2.16. The van der Waals surface area contributed by atoms with E-state index in [2.05, 4.69) is 72.9 Å². The Hall–Kier alpha value is -0.470. The molecule has 2 aromatic heterocycles. The largest absolute Gasteiger partial charge is 0.217 e. The summed E-state index contributed by atoms with van der Waals surface area (Å²) in [4.78, 5) is 5.42. The monoisotopic (exact) mass is 405 g/mol. The van der Waals surface area contributed by atoms with E-state index in [9.17, 15) is 0 Å². The highest BCUT2D eigenvalue weighted by Crippen LogP contribution is 2.24. The second kappa shape index (κ2) is 4.08. The van der Waals surface area contributed by atoms with Crippen molar-refractivity contribution in [2.24, 2.45) is 0 Å². The Balaban J connectivity index is 2.11. The lowest BCUT2D eigenvalue weighted by Gasteiger charge is -1.95. The van der Waals surface area contributed by atoms with Gasteiger partial charge in [-0.3, -0.25) is 0 Å². The number of benzene rings is 1. The van der Waals surface area contributed by atoms with Crippen molar-refractivity contribution in [1.29, 1.82) is 0 Å². The number of fused-ring (bicyclic) bond motifs is 1. The van der Waals surface area contributed by atoms with Crippen LogP contribution in [0.5, 0.6) is 0 Å². The minimum Gasteiger partial charge on any atom is -0.217 e. The van der Waals surface area contributed by atoms with Gasteiger partial charge in [0.25, 0.3) is 0 Å². The van der Waals surface area contributed by atoms with Gasteiger partial charge in [-0.25, -0.2) is 9.50 Å². The molecule has 0 radical (unpaired) electrons. The molecule has 2 heterocycles. The molecule has 0 spiro atoms. The van der Waals surface area contributed by atoms with Crippen LogP contribution < -0.4 is 0 Å². The first-order valence-electron chi connectivity index (χ1n) is 4.50. The molecule has 0 atom stereocenters. The number of nitrogens with zero attached hydrogens (tertiary/aromatic N) is 3. The highest BCUT2D eigenvalue weighted by Gasteiger charge is 2.07. The van der Waals surface area contributed by atoms with Crippen LogP contribution in [0.3, 0.4) is 0 Å². The van der Waals surface area contributed by atoms with E-state index in [4.69, 9.17) is 0 Å². The molecule has 0 saturated heterocycles. The molecule has 0 N–H and O–H groups in total. The first kappa shape index (κ1) is 10.7. The van der Waals surface area contributed by atoms with Crippen molar-refractivity contribution in [3.05, 3.63) is 37.9 Å². The maximum Gasteiger partial charge on any atom is 0.213 e. The summed E-state index contributed by atoms with van der Waals surface area (Å²) in [5, 5.41) is 4.26. The molecule has 1 aromatic carbocycles. The van der Waals surface area contributed by atoms with E-state index in [0.717, 1.165) is 20.1 Å². The molecule has 0 bridgehead atoms. The fourth-order valence-electron chi connectivity index (χ4n) is 1.44. The Labute approximate surface area is 118 Å². The zero-order valence-corrected chi connectivity index (χ0v) is 12.5. The van der Waals surface area contributed by atoms with Gasteiger partial charge in [0.1, 0.15) is 0 Å². The van der Waals surface area contributed by atoms with Gasteiger partial charge < -0.3 is 0 Å². The van der Waals surface area contributed by atoms with Gasteiger partial charge in [0.2, 0.25) is 4.96 Å². The topological polar surface area (TPSA) is 30.2 Å². The maximum atomic E-state index is 4.52. The second-order valence-corrected chi connectivity index (χ2v) is 6.69. The minimum absolute atomic E-state index is 0.851. The molecule has 3 rings (SSSR count). The summed E-state index contributed by atoms with van der Waals surface area (Å²) >= 11 is 7.16. The van der Waals surface area contributed by atoms with E-state index in [1.54, 1.807) is 4.52 Å². The van der Waals surface area contributed by atoms with Gasteiger partial charge in [0, 0.05) is 9.13 Å². The third kappa shape index (κ3) is 1.89. The first-order chi connectivity index (χ1) is 7.72. The molecule has 3 nitrogen and oxygen atoms in total. The summed E-state index contributed by atoms with van der Waals surface area (Å²) in [7, 11) is 0. The van der Waals surface area contributed by atoms with E-state index in [1.165, 1.54) is 14.9 Å². The van der Waals surface area contributed by atoms with Gasteiger partial charge in [-0.2, -0.15) is 0 Å². The van der Waals surface area contributed by atoms with Crippen molar-refractivity contribution in [2.45, 2.75) is 0 Å². The molecule has 0 unspecified atom stereocenters. The van der Waals surface area contributed by atoms with Crippen LogP contribution in [0.25, 0.3) is 16.2 Å². The number of imidazole rings is 1. The van der Waals surface area contributed by atoms with Crippen LogP contribution in [0, 0.1) is 3.57 Å². The van der Waals surface area contributed by atoms with Crippen LogP contribution in [0.15, 0.2) is 34.4 Å². The van der Waals surface area contributed by atoms with Crippen molar-refractivity contribution in [3.8, 4) is 11.3 Å². The molecule has 0 aliphatic rings. The quantitative estimate of drug-likeness (QED) is 0.576. The SMILES string of the molecule is Brc1nn2cc(-c3ccc(I)cc3)nc2s1.